The van der Waals surface area contributed by atoms with Gasteiger partial charge in [0.15, 0.2) is 5.82 Å². The standard InChI is InChI=1S/C15H12ClN3/c1-11-6-7-17-15(8-11)19-10-13(9-18-19)12-2-4-14(16)5-3-12/h2-10H,1H3. The SMILES string of the molecule is Cc1ccnc(-n2cc(-c3ccc(Cl)cc3)cn2)c1. The smallest absolute Gasteiger partial charge is 0.153 e. The predicted octanol–water partition coefficient (Wildman–Crippen LogP) is 3.90. The van der Waals surface area contributed by atoms with Gasteiger partial charge in [-0.05, 0) is 42.3 Å². The van der Waals surface area contributed by atoms with E-state index < -0.39 is 0 Å². The summed E-state index contributed by atoms with van der Waals surface area (Å²) < 4.78 is 1.77. The van der Waals surface area contributed by atoms with Crippen LogP contribution in [0.2, 0.25) is 5.02 Å². The maximum atomic E-state index is 5.89. The Balaban J connectivity index is 1.97. The van der Waals surface area contributed by atoms with E-state index in [1.165, 1.54) is 0 Å². The normalized spacial score (nSPS) is 10.6. The molecule has 3 aromatic rings. The molecule has 0 bridgehead atoms. The van der Waals surface area contributed by atoms with Gasteiger partial charge in [-0.3, -0.25) is 0 Å². The number of pyridine rings is 1. The maximum absolute atomic E-state index is 5.89. The topological polar surface area (TPSA) is 30.7 Å². The Hall–Kier alpha value is -2.13. The van der Waals surface area contributed by atoms with Crippen LogP contribution in [0.15, 0.2) is 55.0 Å². The Morgan fingerprint density at radius 2 is 1.84 bits per heavy atom. The van der Waals surface area contributed by atoms with E-state index in [1.807, 2.05) is 55.7 Å². The maximum Gasteiger partial charge on any atom is 0.153 e. The highest BCUT2D eigenvalue weighted by Gasteiger charge is 2.04. The van der Waals surface area contributed by atoms with Gasteiger partial charge < -0.3 is 0 Å². The minimum absolute atomic E-state index is 0.733. The highest BCUT2D eigenvalue weighted by molar-refractivity contribution is 6.30. The van der Waals surface area contributed by atoms with E-state index in [1.54, 1.807) is 10.9 Å². The molecular weight excluding hydrogens is 258 g/mol. The summed E-state index contributed by atoms with van der Waals surface area (Å²) in [5, 5.41) is 5.08. The largest absolute Gasteiger partial charge is 0.237 e. The van der Waals surface area contributed by atoms with E-state index in [4.69, 9.17) is 11.6 Å². The Morgan fingerprint density at radius 1 is 1.05 bits per heavy atom. The Morgan fingerprint density at radius 3 is 2.58 bits per heavy atom. The first-order valence-electron chi connectivity index (χ1n) is 5.96. The molecule has 3 rings (SSSR count). The molecule has 19 heavy (non-hydrogen) atoms. The summed E-state index contributed by atoms with van der Waals surface area (Å²) in [6.45, 7) is 2.04. The van der Waals surface area contributed by atoms with Gasteiger partial charge in [-0.15, -0.1) is 0 Å². The van der Waals surface area contributed by atoms with Crippen LogP contribution in [-0.4, -0.2) is 14.8 Å². The molecule has 0 radical (unpaired) electrons. The average Bonchev–Trinajstić information content (AvgIpc) is 2.89. The van der Waals surface area contributed by atoms with Crippen molar-refractivity contribution < 1.29 is 0 Å². The minimum Gasteiger partial charge on any atom is -0.237 e. The zero-order valence-corrected chi connectivity index (χ0v) is 11.2. The number of nitrogens with zero attached hydrogens (tertiary/aromatic N) is 3. The summed E-state index contributed by atoms with van der Waals surface area (Å²) >= 11 is 5.89. The van der Waals surface area contributed by atoms with Gasteiger partial charge in [0.25, 0.3) is 0 Å². The predicted molar refractivity (Wildman–Crippen MR) is 76.5 cm³/mol. The molecule has 0 amide bonds. The summed E-state index contributed by atoms with van der Waals surface area (Å²) in [5.74, 6) is 0.820. The van der Waals surface area contributed by atoms with Crippen molar-refractivity contribution in [3.8, 4) is 16.9 Å². The fraction of sp³-hybridized carbons (Fsp3) is 0.0667. The van der Waals surface area contributed by atoms with Crippen LogP contribution in [0, 0.1) is 6.92 Å². The van der Waals surface area contributed by atoms with E-state index in [-0.39, 0.29) is 0 Å². The monoisotopic (exact) mass is 269 g/mol. The quantitative estimate of drug-likeness (QED) is 0.706. The first-order chi connectivity index (χ1) is 9.22. The molecule has 0 aliphatic heterocycles. The second-order valence-electron chi connectivity index (χ2n) is 4.37. The molecule has 1 aromatic carbocycles. The summed E-state index contributed by atoms with van der Waals surface area (Å²) in [6.07, 6.45) is 5.58. The summed E-state index contributed by atoms with van der Waals surface area (Å²) in [4.78, 5) is 4.31. The molecule has 0 aliphatic rings. The zero-order valence-electron chi connectivity index (χ0n) is 10.4. The van der Waals surface area contributed by atoms with Gasteiger partial charge in [0.1, 0.15) is 0 Å². The second kappa shape index (κ2) is 4.86. The molecule has 0 aliphatic carbocycles. The molecule has 94 valence electrons. The van der Waals surface area contributed by atoms with Gasteiger partial charge in [-0.2, -0.15) is 5.10 Å². The lowest BCUT2D eigenvalue weighted by Gasteiger charge is -2.00. The molecular formula is C15H12ClN3. The van der Waals surface area contributed by atoms with Crippen LogP contribution in [-0.2, 0) is 0 Å². The first-order valence-corrected chi connectivity index (χ1v) is 6.34. The lowest BCUT2D eigenvalue weighted by Crippen LogP contribution is -1.97. The molecule has 4 heteroatoms. The summed E-state index contributed by atoms with van der Waals surface area (Å²) in [5.41, 5.74) is 3.29. The number of rotatable bonds is 2. The van der Waals surface area contributed by atoms with Crippen molar-refractivity contribution >= 4 is 11.6 Å². The molecule has 0 saturated heterocycles. The third-order valence-electron chi connectivity index (χ3n) is 2.90. The van der Waals surface area contributed by atoms with Crippen molar-refractivity contribution in [2.24, 2.45) is 0 Å². The van der Waals surface area contributed by atoms with E-state index in [0.29, 0.717) is 0 Å². The van der Waals surface area contributed by atoms with Crippen molar-refractivity contribution in [1.82, 2.24) is 14.8 Å². The molecule has 0 fully saturated rings. The van der Waals surface area contributed by atoms with Crippen LogP contribution < -0.4 is 0 Å². The third-order valence-corrected chi connectivity index (χ3v) is 3.15. The lowest BCUT2D eigenvalue weighted by molar-refractivity contribution is 0.845. The van der Waals surface area contributed by atoms with Crippen LogP contribution in [0.3, 0.4) is 0 Å². The molecule has 0 atom stereocenters. The molecule has 3 nitrogen and oxygen atoms in total. The highest BCUT2D eigenvalue weighted by Crippen LogP contribution is 2.21. The first kappa shape index (κ1) is 11.9. The lowest BCUT2D eigenvalue weighted by atomic mass is 10.1. The average molecular weight is 270 g/mol. The van der Waals surface area contributed by atoms with Crippen molar-refractivity contribution in [1.29, 1.82) is 0 Å². The van der Waals surface area contributed by atoms with Crippen LogP contribution in [0.5, 0.6) is 0 Å². The van der Waals surface area contributed by atoms with Crippen molar-refractivity contribution in [3.05, 3.63) is 65.6 Å². The van der Waals surface area contributed by atoms with Gasteiger partial charge in [0, 0.05) is 23.0 Å². The van der Waals surface area contributed by atoms with E-state index in [9.17, 15) is 0 Å². The summed E-state index contributed by atoms with van der Waals surface area (Å²) in [6, 6.07) is 11.7. The molecule has 2 heterocycles. The minimum atomic E-state index is 0.733. The number of hydrogen-bond donors (Lipinski definition) is 0. The van der Waals surface area contributed by atoms with E-state index >= 15 is 0 Å². The molecule has 2 aromatic heterocycles. The van der Waals surface area contributed by atoms with Crippen LogP contribution in [0.25, 0.3) is 16.9 Å². The number of aryl methyl sites for hydroxylation is 1. The number of halogens is 1. The van der Waals surface area contributed by atoms with Crippen LogP contribution >= 0.6 is 11.6 Å². The second-order valence-corrected chi connectivity index (χ2v) is 4.81. The van der Waals surface area contributed by atoms with Crippen LogP contribution in [0.4, 0.5) is 0 Å². The van der Waals surface area contributed by atoms with E-state index in [0.717, 1.165) is 27.5 Å². The Labute approximate surface area is 116 Å². The number of hydrogen-bond acceptors (Lipinski definition) is 2. The molecule has 0 spiro atoms. The Kier molecular flexibility index (Phi) is 3.05. The fourth-order valence-corrected chi connectivity index (χ4v) is 2.01. The van der Waals surface area contributed by atoms with Gasteiger partial charge in [0.05, 0.1) is 6.20 Å². The number of aromatic nitrogens is 3. The third kappa shape index (κ3) is 2.51. The van der Waals surface area contributed by atoms with Gasteiger partial charge in [-0.1, -0.05) is 23.7 Å². The zero-order chi connectivity index (χ0) is 13.2. The molecule has 0 unspecified atom stereocenters. The highest BCUT2D eigenvalue weighted by atomic mass is 35.5. The Bertz CT molecular complexity index is 701. The van der Waals surface area contributed by atoms with Crippen molar-refractivity contribution in [2.45, 2.75) is 6.92 Å². The van der Waals surface area contributed by atoms with Crippen LogP contribution in [0.1, 0.15) is 5.56 Å². The fourth-order valence-electron chi connectivity index (χ4n) is 1.89. The molecule has 0 N–H and O–H groups in total. The van der Waals surface area contributed by atoms with Gasteiger partial charge in [0.2, 0.25) is 0 Å². The number of benzene rings is 1. The summed E-state index contributed by atoms with van der Waals surface area (Å²) in [7, 11) is 0. The van der Waals surface area contributed by atoms with Gasteiger partial charge >= 0.3 is 0 Å². The van der Waals surface area contributed by atoms with Gasteiger partial charge in [-0.25, -0.2) is 9.67 Å². The molecule has 0 saturated carbocycles. The van der Waals surface area contributed by atoms with E-state index in [2.05, 4.69) is 10.1 Å². The van der Waals surface area contributed by atoms with Crippen molar-refractivity contribution in [3.63, 3.8) is 0 Å². The van der Waals surface area contributed by atoms with Crippen molar-refractivity contribution in [2.75, 3.05) is 0 Å².